The predicted molar refractivity (Wildman–Crippen MR) is 58.4 cm³/mol. The fourth-order valence-corrected chi connectivity index (χ4v) is 1.77. The molecule has 16 heavy (non-hydrogen) atoms. The standard InChI is InChI=1S/C12H16O4/c1-7-9(5-13)3-8(4-10(7)15-2)12(14)11-6-16-11/h3-4,11-14H,5-6H2,1-2H3/t11-,12-/m1/s1. The fraction of sp³-hybridized carbons (Fsp3) is 0.500. The molecule has 2 N–H and O–H groups in total. The van der Waals surface area contributed by atoms with Crippen molar-refractivity contribution in [3.8, 4) is 5.75 Å². The Morgan fingerprint density at radius 3 is 2.75 bits per heavy atom. The van der Waals surface area contributed by atoms with Crippen molar-refractivity contribution in [2.24, 2.45) is 0 Å². The van der Waals surface area contributed by atoms with Gasteiger partial charge in [0.15, 0.2) is 0 Å². The van der Waals surface area contributed by atoms with Crippen molar-refractivity contribution in [1.82, 2.24) is 0 Å². The molecule has 2 atom stereocenters. The highest BCUT2D eigenvalue weighted by Crippen LogP contribution is 2.32. The number of methoxy groups -OCH3 is 1. The molecule has 1 saturated heterocycles. The van der Waals surface area contributed by atoms with Crippen LogP contribution in [0.5, 0.6) is 5.75 Å². The molecule has 0 saturated carbocycles. The van der Waals surface area contributed by atoms with E-state index < -0.39 is 6.10 Å². The summed E-state index contributed by atoms with van der Waals surface area (Å²) in [6, 6.07) is 3.59. The Morgan fingerprint density at radius 2 is 2.25 bits per heavy atom. The molecule has 1 aliphatic heterocycles. The third-order valence-electron chi connectivity index (χ3n) is 2.93. The second-order valence-electron chi connectivity index (χ2n) is 3.98. The molecule has 0 aliphatic carbocycles. The number of epoxide rings is 1. The van der Waals surface area contributed by atoms with Gasteiger partial charge in [-0.15, -0.1) is 0 Å². The SMILES string of the molecule is COc1cc([C@@H](O)[C@H]2CO2)cc(CO)c1C. The highest BCUT2D eigenvalue weighted by Gasteiger charge is 2.33. The topological polar surface area (TPSA) is 62.2 Å². The molecule has 1 aromatic rings. The molecule has 1 aliphatic rings. The van der Waals surface area contributed by atoms with Crippen LogP contribution in [0.3, 0.4) is 0 Å². The maximum Gasteiger partial charge on any atom is 0.122 e. The third-order valence-corrected chi connectivity index (χ3v) is 2.93. The Bertz CT molecular complexity index is 360. The molecule has 1 fully saturated rings. The van der Waals surface area contributed by atoms with Gasteiger partial charge in [0.1, 0.15) is 18.0 Å². The summed E-state index contributed by atoms with van der Waals surface area (Å²) >= 11 is 0. The molecule has 1 aromatic carbocycles. The number of benzene rings is 1. The van der Waals surface area contributed by atoms with Gasteiger partial charge in [0, 0.05) is 0 Å². The predicted octanol–water partition coefficient (Wildman–Crippen LogP) is 0.928. The van der Waals surface area contributed by atoms with Gasteiger partial charge in [0.05, 0.1) is 20.3 Å². The Balaban J connectivity index is 2.37. The normalized spacial score (nSPS) is 20.6. The minimum absolute atomic E-state index is 0.0612. The van der Waals surface area contributed by atoms with E-state index in [9.17, 15) is 10.2 Å². The quantitative estimate of drug-likeness (QED) is 0.747. The van der Waals surface area contributed by atoms with Crippen molar-refractivity contribution >= 4 is 0 Å². The molecule has 2 rings (SSSR count). The van der Waals surface area contributed by atoms with Crippen LogP contribution in [0.2, 0.25) is 0 Å². The van der Waals surface area contributed by atoms with Crippen LogP contribution in [0.1, 0.15) is 22.8 Å². The Kier molecular flexibility index (Phi) is 3.14. The molecule has 0 unspecified atom stereocenters. The monoisotopic (exact) mass is 224 g/mol. The van der Waals surface area contributed by atoms with Crippen molar-refractivity contribution in [3.63, 3.8) is 0 Å². The first kappa shape index (κ1) is 11.4. The second kappa shape index (κ2) is 4.41. The Labute approximate surface area is 94.4 Å². The molecule has 1 heterocycles. The molecule has 0 amide bonds. The first-order chi connectivity index (χ1) is 7.67. The van der Waals surface area contributed by atoms with Gasteiger partial charge in [-0.25, -0.2) is 0 Å². The van der Waals surface area contributed by atoms with Gasteiger partial charge in [-0.3, -0.25) is 0 Å². The van der Waals surface area contributed by atoms with Crippen LogP contribution in [0.25, 0.3) is 0 Å². The molecule has 0 bridgehead atoms. The molecule has 4 nitrogen and oxygen atoms in total. The number of rotatable bonds is 4. The lowest BCUT2D eigenvalue weighted by Gasteiger charge is -2.14. The Hall–Kier alpha value is -1.10. The first-order valence-corrected chi connectivity index (χ1v) is 5.25. The molecule has 0 aromatic heterocycles. The van der Waals surface area contributed by atoms with Gasteiger partial charge in [-0.05, 0) is 29.7 Å². The lowest BCUT2D eigenvalue weighted by atomic mass is 9.99. The lowest BCUT2D eigenvalue weighted by molar-refractivity contribution is 0.136. The van der Waals surface area contributed by atoms with E-state index in [0.29, 0.717) is 12.4 Å². The maximum atomic E-state index is 9.93. The van der Waals surface area contributed by atoms with Crippen molar-refractivity contribution in [2.45, 2.75) is 25.7 Å². The molecular formula is C12H16O4. The van der Waals surface area contributed by atoms with Crippen LogP contribution in [0.4, 0.5) is 0 Å². The van der Waals surface area contributed by atoms with Crippen LogP contribution in [0, 0.1) is 6.92 Å². The smallest absolute Gasteiger partial charge is 0.122 e. The average molecular weight is 224 g/mol. The highest BCUT2D eigenvalue weighted by molar-refractivity contribution is 5.43. The number of hydrogen-bond acceptors (Lipinski definition) is 4. The average Bonchev–Trinajstić information content (AvgIpc) is 3.12. The van der Waals surface area contributed by atoms with E-state index in [1.54, 1.807) is 19.2 Å². The summed E-state index contributed by atoms with van der Waals surface area (Å²) < 4.78 is 10.3. The summed E-state index contributed by atoms with van der Waals surface area (Å²) in [6.07, 6.45) is -0.751. The number of ether oxygens (including phenoxy) is 2. The van der Waals surface area contributed by atoms with E-state index in [4.69, 9.17) is 9.47 Å². The minimum atomic E-state index is -0.639. The van der Waals surface area contributed by atoms with Crippen molar-refractivity contribution in [2.75, 3.05) is 13.7 Å². The number of hydrogen-bond donors (Lipinski definition) is 2. The first-order valence-electron chi connectivity index (χ1n) is 5.25. The van der Waals surface area contributed by atoms with Crippen LogP contribution in [-0.2, 0) is 11.3 Å². The summed E-state index contributed by atoms with van der Waals surface area (Å²) in [5.41, 5.74) is 2.40. The maximum absolute atomic E-state index is 9.93. The zero-order chi connectivity index (χ0) is 11.7. The van der Waals surface area contributed by atoms with Gasteiger partial charge < -0.3 is 19.7 Å². The van der Waals surface area contributed by atoms with Crippen molar-refractivity contribution in [1.29, 1.82) is 0 Å². The summed E-state index contributed by atoms with van der Waals surface area (Å²) in [4.78, 5) is 0. The van der Waals surface area contributed by atoms with Gasteiger partial charge in [0.2, 0.25) is 0 Å². The van der Waals surface area contributed by atoms with Crippen LogP contribution < -0.4 is 4.74 Å². The molecular weight excluding hydrogens is 208 g/mol. The van der Waals surface area contributed by atoms with Crippen LogP contribution in [-0.4, -0.2) is 30.0 Å². The summed E-state index contributed by atoms with van der Waals surface area (Å²) in [7, 11) is 1.58. The van der Waals surface area contributed by atoms with Gasteiger partial charge in [-0.2, -0.15) is 0 Å². The van der Waals surface area contributed by atoms with Crippen LogP contribution in [0.15, 0.2) is 12.1 Å². The van der Waals surface area contributed by atoms with Gasteiger partial charge >= 0.3 is 0 Å². The molecule has 88 valence electrons. The molecule has 0 spiro atoms. The second-order valence-corrected chi connectivity index (χ2v) is 3.98. The van der Waals surface area contributed by atoms with E-state index >= 15 is 0 Å². The minimum Gasteiger partial charge on any atom is -0.496 e. The summed E-state index contributed by atoms with van der Waals surface area (Å²) in [6.45, 7) is 2.41. The third kappa shape index (κ3) is 2.04. The lowest BCUT2D eigenvalue weighted by Crippen LogP contribution is -2.07. The van der Waals surface area contributed by atoms with E-state index in [2.05, 4.69) is 0 Å². The summed E-state index contributed by atoms with van der Waals surface area (Å²) in [5, 5.41) is 19.2. The van der Waals surface area contributed by atoms with Crippen molar-refractivity contribution in [3.05, 3.63) is 28.8 Å². The molecule has 4 heteroatoms. The van der Waals surface area contributed by atoms with E-state index in [1.807, 2.05) is 6.92 Å². The van der Waals surface area contributed by atoms with E-state index in [0.717, 1.165) is 16.7 Å². The van der Waals surface area contributed by atoms with Crippen molar-refractivity contribution < 1.29 is 19.7 Å². The van der Waals surface area contributed by atoms with Crippen LogP contribution >= 0.6 is 0 Å². The zero-order valence-electron chi connectivity index (χ0n) is 9.43. The van der Waals surface area contributed by atoms with Gasteiger partial charge in [-0.1, -0.05) is 6.07 Å². The summed E-state index contributed by atoms with van der Waals surface area (Å²) in [5.74, 6) is 0.682. The molecule has 0 radical (unpaired) electrons. The van der Waals surface area contributed by atoms with Gasteiger partial charge in [0.25, 0.3) is 0 Å². The number of aliphatic hydroxyl groups is 2. The zero-order valence-corrected chi connectivity index (χ0v) is 9.43. The fourth-order valence-electron chi connectivity index (χ4n) is 1.77. The Morgan fingerprint density at radius 1 is 1.56 bits per heavy atom. The van der Waals surface area contributed by atoms with E-state index in [1.165, 1.54) is 0 Å². The number of aliphatic hydroxyl groups excluding tert-OH is 2. The largest absolute Gasteiger partial charge is 0.496 e. The van der Waals surface area contributed by atoms with E-state index in [-0.39, 0.29) is 12.7 Å². The highest BCUT2D eigenvalue weighted by atomic mass is 16.6.